The van der Waals surface area contributed by atoms with Gasteiger partial charge in [-0.05, 0) is 88.4 Å². The summed E-state index contributed by atoms with van der Waals surface area (Å²) in [4.78, 5) is 255. The molecule has 8 rings (SSSR count). The number of phenols is 2. The molecule has 7 aromatic rings. The highest BCUT2D eigenvalue weighted by molar-refractivity contribution is 8.00. The number of amides is 15. The van der Waals surface area contributed by atoms with Crippen molar-refractivity contribution in [2.24, 2.45) is 17.6 Å². The summed E-state index contributed by atoms with van der Waals surface area (Å²) in [5, 5.41) is 67.2. The van der Waals surface area contributed by atoms with Crippen molar-refractivity contribution in [2.45, 2.75) is 172 Å². The Hall–Kier alpha value is -14.3. The molecule has 1 aliphatic rings. The number of hydrogen-bond acceptors (Lipinski definition) is 21. The number of carboxylic acids is 1. The summed E-state index contributed by atoms with van der Waals surface area (Å²) in [5.41, 5.74) is 8.36. The molecule has 2 heterocycles. The lowest BCUT2D eigenvalue weighted by Gasteiger charge is -2.37. The molecule has 0 saturated carbocycles. The zero-order chi connectivity index (χ0) is 96.7. The highest BCUT2D eigenvalue weighted by Gasteiger charge is 2.42. The number of aliphatic carboxylic acids is 1. The zero-order valence-electron chi connectivity index (χ0n) is 75.3. The zero-order valence-corrected chi connectivity index (χ0v) is 76.1. The van der Waals surface area contributed by atoms with Crippen LogP contribution in [0.25, 0.3) is 10.9 Å². The van der Waals surface area contributed by atoms with Crippen molar-refractivity contribution < 1.29 is 97.0 Å². The first-order chi connectivity index (χ1) is 62.7. The van der Waals surface area contributed by atoms with E-state index in [9.17, 15) is 63.8 Å². The third-order valence-electron chi connectivity index (χ3n) is 22.4. The molecule has 0 radical (unpaired) electrons. The lowest BCUT2D eigenvalue weighted by atomic mass is 9.98. The Morgan fingerprint density at radius 1 is 0.492 bits per heavy atom. The minimum Gasteiger partial charge on any atom is -0.508 e. The Morgan fingerprint density at radius 3 is 1.48 bits per heavy atom. The summed E-state index contributed by atoms with van der Waals surface area (Å²) in [5.74, 6) is -18.3. The number of hydrogen-bond donors (Lipinski definition) is 14. The maximum absolute atomic E-state index is 15.6. The van der Waals surface area contributed by atoms with E-state index in [1.807, 2.05) is 6.92 Å². The van der Waals surface area contributed by atoms with E-state index in [0.717, 1.165) is 36.3 Å². The number of nitro benzene ring substituents is 1. The lowest BCUT2D eigenvalue weighted by molar-refractivity contribution is -0.384. The summed E-state index contributed by atoms with van der Waals surface area (Å²) < 4.78 is 0. The number of non-ortho nitro benzene ring substituents is 1. The number of aromatic hydroxyl groups is 2. The van der Waals surface area contributed by atoms with Crippen molar-refractivity contribution in [3.05, 3.63) is 207 Å². The number of carbonyl (C=O) groups is 16. The van der Waals surface area contributed by atoms with E-state index in [1.165, 1.54) is 108 Å². The number of para-hydroxylation sites is 1. The highest BCUT2D eigenvalue weighted by atomic mass is 32.2. The van der Waals surface area contributed by atoms with Crippen molar-refractivity contribution in [1.29, 1.82) is 0 Å². The first-order valence-corrected chi connectivity index (χ1v) is 44.3. The summed E-state index contributed by atoms with van der Waals surface area (Å²) in [6.07, 6.45) is -0.487. The Balaban J connectivity index is 1.22. The number of H-pyrrole nitrogens is 1. The van der Waals surface area contributed by atoms with Crippen LogP contribution in [0.15, 0.2) is 164 Å². The number of phenolic OH excluding ortho intramolecular Hbond substituents is 2. The fraction of sp³-hybridized carbons (Fsp3) is 0.419. The number of nitro groups is 1. The van der Waals surface area contributed by atoms with Gasteiger partial charge in [-0.15, -0.1) is 11.8 Å². The highest BCUT2D eigenvalue weighted by Crippen LogP contribution is 2.25. The first kappa shape index (κ1) is 103. The maximum atomic E-state index is 15.6. The van der Waals surface area contributed by atoms with Crippen molar-refractivity contribution in [3.63, 3.8) is 0 Å². The second-order valence-corrected chi connectivity index (χ2v) is 34.5. The van der Waals surface area contributed by atoms with Crippen LogP contribution in [0.2, 0.25) is 0 Å². The minimum atomic E-state index is -1.94. The van der Waals surface area contributed by atoms with Crippen LogP contribution in [-0.2, 0) is 115 Å². The van der Waals surface area contributed by atoms with E-state index >= 15 is 38.4 Å². The fourth-order valence-corrected chi connectivity index (χ4v) is 15.9. The number of nitrogens with one attached hydrogen (secondary N) is 10. The number of nitrogens with two attached hydrogens (primary N) is 1. The average molecular weight is 1840 g/mol. The average Bonchev–Trinajstić information content (AvgIpc) is 1.59. The van der Waals surface area contributed by atoms with Gasteiger partial charge in [-0.25, -0.2) is 0 Å². The third kappa shape index (κ3) is 30.7. The van der Waals surface area contributed by atoms with Crippen LogP contribution >= 0.6 is 11.8 Å². The van der Waals surface area contributed by atoms with Crippen LogP contribution in [-0.4, -0.2) is 277 Å². The number of carbonyl (C=O) groups excluding carboxylic acids is 15. The van der Waals surface area contributed by atoms with Gasteiger partial charge in [-0.3, -0.25) is 86.8 Å². The van der Waals surface area contributed by atoms with Gasteiger partial charge in [0.25, 0.3) is 5.69 Å². The van der Waals surface area contributed by atoms with Gasteiger partial charge < -0.3 is 98.4 Å². The van der Waals surface area contributed by atoms with Gasteiger partial charge in [0.05, 0.1) is 36.7 Å². The van der Waals surface area contributed by atoms with Crippen molar-refractivity contribution in [3.8, 4) is 11.5 Å². The number of aromatic nitrogens is 1. The standard InChI is InChI=1S/C93H117N17O21S/c1-11-12-27-74-91(127)106(7)51-79(115)98-70(47-81(117)118)87(123)104-82(55(4)5)93(129)108(9)75(44-56-21-15-13-16-22-56)88(124)102-71(42-60-32-38-64(112)39-33-60)89(125)105(6)50-78(114)97-69(46-61-48-95-66-26-20-19-25-65(61)66)86(122)101-68(41-59-30-36-63(111)37-31-59)85(121)100-67(40-54(2)3)84(120)103-73(83(119)96-49-77(94)113)52-132-53-80(116)99-72(43-58-28-34-62(35-29-58)110(130)131)90(126)109(10)76(92(128)107(74)8)45-57-23-17-14-18-24-57/h13-26,28-39,48,54-55,67-76,82,95,111-112H,11-12,27,40-47,49-53H2,1-10H3,(H2,94,113)(H,96,119)(H,97,114)(H,98,115)(H,99,116)(H,100,121)(H,101,122)(H,102,124)(H,103,120)(H,104,123)(H,117,118)/t67-,68-,69-,70-,71-,72-,73-,74-,75-,76-,82-/m0/s1. The molecule has 39 heteroatoms. The number of benzene rings is 6. The maximum Gasteiger partial charge on any atom is 0.305 e. The number of thioether (sulfide) groups is 1. The number of fused-ring (bicyclic) bond motifs is 1. The molecule has 0 aliphatic carbocycles. The summed E-state index contributed by atoms with van der Waals surface area (Å²) in [7, 11) is 6.35. The van der Waals surface area contributed by atoms with Gasteiger partial charge in [0.1, 0.15) is 78.0 Å². The predicted molar refractivity (Wildman–Crippen MR) is 489 cm³/mol. The molecule has 1 fully saturated rings. The summed E-state index contributed by atoms with van der Waals surface area (Å²) in [6, 6.07) is 22.7. The summed E-state index contributed by atoms with van der Waals surface area (Å²) >= 11 is 0.759. The van der Waals surface area contributed by atoms with E-state index in [1.54, 1.807) is 119 Å². The molecule has 38 nitrogen and oxygen atoms in total. The molecule has 706 valence electrons. The molecule has 1 aliphatic heterocycles. The quantitative estimate of drug-likeness (QED) is 0.0305. The molecule has 1 saturated heterocycles. The van der Waals surface area contributed by atoms with E-state index in [4.69, 9.17) is 5.73 Å². The number of primary amides is 1. The van der Waals surface area contributed by atoms with Crippen molar-refractivity contribution >= 4 is 123 Å². The Kier molecular flexibility index (Phi) is 38.7. The normalized spacial score (nSPS) is 21.7. The second kappa shape index (κ2) is 49.5. The number of likely N-dealkylation sites (N-methyl/N-ethyl adjacent to an activating group) is 5. The van der Waals surface area contributed by atoms with Crippen molar-refractivity contribution in [1.82, 2.24) is 77.3 Å². The van der Waals surface area contributed by atoms with Crippen LogP contribution in [0.4, 0.5) is 5.69 Å². The van der Waals surface area contributed by atoms with Crippen LogP contribution < -0.4 is 53.6 Å². The number of unbranched alkanes of at least 4 members (excludes halogenated alkanes) is 1. The molecule has 132 heavy (non-hydrogen) atoms. The third-order valence-corrected chi connectivity index (χ3v) is 23.4. The molecule has 15 N–H and O–H groups in total. The molecule has 6 aromatic carbocycles. The molecule has 15 amide bonds. The minimum absolute atomic E-state index is 0.0196. The fourth-order valence-electron chi connectivity index (χ4n) is 15.1. The van der Waals surface area contributed by atoms with Gasteiger partial charge in [-0.2, -0.15) is 0 Å². The largest absolute Gasteiger partial charge is 0.508 e. The van der Waals surface area contributed by atoms with Crippen molar-refractivity contribution in [2.75, 3.05) is 66.4 Å². The lowest BCUT2D eigenvalue weighted by Crippen LogP contribution is -2.61. The van der Waals surface area contributed by atoms with Gasteiger partial charge in [-0.1, -0.05) is 163 Å². The Bertz CT molecular complexity index is 5240. The van der Waals surface area contributed by atoms with E-state index in [-0.39, 0.29) is 68.6 Å². The van der Waals surface area contributed by atoms with Gasteiger partial charge >= 0.3 is 5.97 Å². The number of rotatable bonds is 24. The van der Waals surface area contributed by atoms with E-state index in [2.05, 4.69) is 52.8 Å². The van der Waals surface area contributed by atoms with E-state index < -0.39 is 215 Å². The Morgan fingerprint density at radius 2 is 0.947 bits per heavy atom. The van der Waals surface area contributed by atoms with Crippen LogP contribution in [0.3, 0.4) is 0 Å². The van der Waals surface area contributed by atoms with Crippen LogP contribution in [0.1, 0.15) is 100 Å². The van der Waals surface area contributed by atoms with Gasteiger partial charge in [0, 0.05) is 109 Å². The summed E-state index contributed by atoms with van der Waals surface area (Å²) in [6.45, 7) is 5.97. The molecular formula is C93H117N17O21S. The molecule has 11 atom stereocenters. The molecule has 1 aromatic heterocycles. The molecule has 0 bridgehead atoms. The number of aromatic amines is 1. The van der Waals surface area contributed by atoms with Gasteiger partial charge in [0.2, 0.25) is 88.6 Å². The van der Waals surface area contributed by atoms with Gasteiger partial charge in [0.15, 0.2) is 0 Å². The number of nitrogens with zero attached hydrogens (tertiary/aromatic N) is 6. The number of carboxylic acid groups (broad SMARTS) is 1. The second-order valence-electron chi connectivity index (χ2n) is 33.5. The predicted octanol–water partition coefficient (Wildman–Crippen LogP) is 2.23. The monoisotopic (exact) mass is 1840 g/mol. The first-order valence-electron chi connectivity index (χ1n) is 43.2. The smallest absolute Gasteiger partial charge is 0.305 e. The van der Waals surface area contributed by atoms with Crippen LogP contribution in [0, 0.1) is 22.0 Å². The topological polar surface area (TPSA) is 543 Å². The molecular weight excluding hydrogens is 1720 g/mol. The molecule has 0 spiro atoms. The Labute approximate surface area is 768 Å². The molecule has 0 unspecified atom stereocenters. The van der Waals surface area contributed by atoms with Crippen LogP contribution in [0.5, 0.6) is 11.5 Å². The SMILES string of the molecule is CCCC[C@H]1C(=O)N(C)CC(=O)N[C@@H](CC(=O)O)C(=O)N[C@@H](C(C)C)C(=O)N(C)[C@@H](Cc2ccccc2)C(=O)N[C@@H](Cc2ccc(O)cc2)C(=O)N(C)CC(=O)N[C@@H](Cc2c[nH]c3ccccc23)C(=O)N[C@@H](Cc2ccc(O)cc2)C(=O)N[C@@H](CC(C)C)C(=O)N[C@H](C(=O)NCC(N)=O)CSCC(=O)N[C@@H](Cc2ccc([N+](=O)[O-])cc2)C(=O)N(C)[C@@H](Cc2ccccc2)C(=O)N1C. The van der Waals surface area contributed by atoms with E-state index in [0.29, 0.717) is 57.1 Å².